The number of methoxy groups -OCH3 is 1. The Labute approximate surface area is 196 Å². The van der Waals surface area contributed by atoms with Gasteiger partial charge in [0.15, 0.2) is 11.5 Å². The summed E-state index contributed by atoms with van der Waals surface area (Å²) < 4.78 is 11.2. The number of rotatable bonds is 8. The summed E-state index contributed by atoms with van der Waals surface area (Å²) in [7, 11) is 1.52. The van der Waals surface area contributed by atoms with Crippen LogP contribution in [0.1, 0.15) is 27.0 Å². The predicted molar refractivity (Wildman–Crippen MR) is 128 cm³/mol. The normalized spacial score (nSPS) is 10.5. The zero-order chi connectivity index (χ0) is 24.5. The molecular formula is C25H24N4O5. The van der Waals surface area contributed by atoms with Crippen molar-refractivity contribution in [3.05, 3.63) is 89.0 Å². The molecule has 0 atom stereocenters. The summed E-state index contributed by atoms with van der Waals surface area (Å²) in [6, 6.07) is 19.0. The molecule has 0 fully saturated rings. The van der Waals surface area contributed by atoms with Crippen molar-refractivity contribution in [1.82, 2.24) is 5.43 Å². The lowest BCUT2D eigenvalue weighted by molar-refractivity contribution is -0.136. The van der Waals surface area contributed by atoms with Crippen LogP contribution in [0.25, 0.3) is 0 Å². The van der Waals surface area contributed by atoms with E-state index in [2.05, 4.69) is 15.8 Å². The number of nitrogens with zero attached hydrogens (tertiary/aromatic N) is 1. The first-order valence-corrected chi connectivity index (χ1v) is 10.3. The number of hydrogen-bond donors (Lipinski definition) is 3. The molecule has 34 heavy (non-hydrogen) atoms. The van der Waals surface area contributed by atoms with E-state index >= 15 is 0 Å². The number of benzene rings is 3. The van der Waals surface area contributed by atoms with Gasteiger partial charge in [0.1, 0.15) is 6.61 Å². The SMILES string of the molecule is COc1cc(/C=N/NC(=O)C(=O)Nc2ccc(C(N)=O)cc2)ccc1OCc1ccc(C)cc1. The van der Waals surface area contributed by atoms with Gasteiger partial charge in [-0.3, -0.25) is 14.4 Å². The Kier molecular flexibility index (Phi) is 7.96. The lowest BCUT2D eigenvalue weighted by Gasteiger charge is -2.11. The zero-order valence-electron chi connectivity index (χ0n) is 18.7. The van der Waals surface area contributed by atoms with Crippen molar-refractivity contribution in [3.63, 3.8) is 0 Å². The fraction of sp³-hybridized carbons (Fsp3) is 0.120. The second kappa shape index (κ2) is 11.3. The molecule has 0 aliphatic heterocycles. The molecule has 9 heteroatoms. The second-order valence-electron chi connectivity index (χ2n) is 7.28. The molecule has 0 aromatic heterocycles. The lowest BCUT2D eigenvalue weighted by atomic mass is 10.2. The lowest BCUT2D eigenvalue weighted by Crippen LogP contribution is -2.32. The van der Waals surface area contributed by atoms with Gasteiger partial charge >= 0.3 is 11.8 Å². The molecule has 3 aromatic carbocycles. The van der Waals surface area contributed by atoms with Crippen LogP contribution < -0.4 is 25.9 Å². The summed E-state index contributed by atoms with van der Waals surface area (Å²) in [6.45, 7) is 2.41. The van der Waals surface area contributed by atoms with Gasteiger partial charge in [0.25, 0.3) is 0 Å². The maximum absolute atomic E-state index is 12.0. The van der Waals surface area contributed by atoms with E-state index in [1.54, 1.807) is 18.2 Å². The van der Waals surface area contributed by atoms with Gasteiger partial charge in [-0.1, -0.05) is 29.8 Å². The van der Waals surface area contributed by atoms with Gasteiger partial charge in [-0.05, 0) is 60.5 Å². The van der Waals surface area contributed by atoms with E-state index < -0.39 is 17.7 Å². The van der Waals surface area contributed by atoms with Crippen molar-refractivity contribution in [1.29, 1.82) is 0 Å². The Hall–Kier alpha value is -4.66. The minimum absolute atomic E-state index is 0.286. The Balaban J connectivity index is 1.54. The molecule has 0 saturated carbocycles. The third kappa shape index (κ3) is 6.67. The number of anilines is 1. The first-order chi connectivity index (χ1) is 16.4. The maximum atomic E-state index is 12.0. The number of hydrogen-bond acceptors (Lipinski definition) is 6. The minimum atomic E-state index is -0.958. The van der Waals surface area contributed by atoms with Crippen LogP contribution in [-0.4, -0.2) is 31.0 Å². The zero-order valence-corrected chi connectivity index (χ0v) is 18.7. The topological polar surface area (TPSA) is 132 Å². The van der Waals surface area contributed by atoms with Crippen molar-refractivity contribution >= 4 is 29.6 Å². The average molecular weight is 460 g/mol. The molecule has 3 amide bonds. The summed E-state index contributed by atoms with van der Waals surface area (Å²) >= 11 is 0. The van der Waals surface area contributed by atoms with Gasteiger partial charge in [-0.15, -0.1) is 0 Å². The fourth-order valence-electron chi connectivity index (χ4n) is 2.85. The van der Waals surface area contributed by atoms with E-state index in [-0.39, 0.29) is 5.56 Å². The average Bonchev–Trinajstić information content (AvgIpc) is 2.84. The molecule has 0 unspecified atom stereocenters. The Morgan fingerprint density at radius 3 is 2.29 bits per heavy atom. The van der Waals surface area contributed by atoms with Gasteiger partial charge in [0, 0.05) is 11.3 Å². The summed E-state index contributed by atoms with van der Waals surface area (Å²) in [5, 5.41) is 6.20. The predicted octanol–water partition coefficient (Wildman–Crippen LogP) is 2.77. The van der Waals surface area contributed by atoms with Crippen LogP contribution in [0.4, 0.5) is 5.69 Å². The van der Waals surface area contributed by atoms with E-state index in [1.165, 1.54) is 43.2 Å². The number of nitrogens with two attached hydrogens (primary N) is 1. The van der Waals surface area contributed by atoms with Gasteiger partial charge in [-0.25, -0.2) is 5.43 Å². The summed E-state index contributed by atoms with van der Waals surface area (Å²) in [5.41, 5.74) is 10.8. The molecule has 3 rings (SSSR count). The van der Waals surface area contributed by atoms with E-state index in [1.807, 2.05) is 31.2 Å². The van der Waals surface area contributed by atoms with Crippen molar-refractivity contribution in [2.45, 2.75) is 13.5 Å². The van der Waals surface area contributed by atoms with Gasteiger partial charge in [0.2, 0.25) is 5.91 Å². The highest BCUT2D eigenvalue weighted by molar-refractivity contribution is 6.39. The number of aryl methyl sites for hydroxylation is 1. The number of carbonyl (C=O) groups excluding carboxylic acids is 3. The Morgan fingerprint density at radius 1 is 0.941 bits per heavy atom. The van der Waals surface area contributed by atoms with Crippen molar-refractivity contribution in [2.75, 3.05) is 12.4 Å². The Bertz CT molecular complexity index is 1200. The van der Waals surface area contributed by atoms with E-state index in [9.17, 15) is 14.4 Å². The van der Waals surface area contributed by atoms with E-state index in [4.69, 9.17) is 15.2 Å². The molecule has 9 nitrogen and oxygen atoms in total. The molecule has 174 valence electrons. The standard InChI is InChI=1S/C25H24N4O5/c1-16-3-5-17(6-4-16)15-34-21-12-7-18(13-22(21)33-2)14-27-29-25(32)24(31)28-20-10-8-19(9-11-20)23(26)30/h3-14H,15H2,1-2H3,(H2,26,30)(H,28,31)(H,29,32)/b27-14+. The number of primary amides is 1. The maximum Gasteiger partial charge on any atom is 0.329 e. The highest BCUT2D eigenvalue weighted by Gasteiger charge is 2.13. The Morgan fingerprint density at radius 2 is 1.65 bits per heavy atom. The fourth-order valence-corrected chi connectivity index (χ4v) is 2.85. The largest absolute Gasteiger partial charge is 0.493 e. The van der Waals surface area contributed by atoms with Crippen molar-refractivity contribution in [3.8, 4) is 11.5 Å². The van der Waals surface area contributed by atoms with Crippen LogP contribution in [0.15, 0.2) is 71.8 Å². The molecular weight excluding hydrogens is 436 g/mol. The highest BCUT2D eigenvalue weighted by atomic mass is 16.5. The summed E-state index contributed by atoms with van der Waals surface area (Å²) in [6.07, 6.45) is 1.37. The van der Waals surface area contributed by atoms with Crippen LogP contribution >= 0.6 is 0 Å². The molecule has 0 aliphatic rings. The quantitative estimate of drug-likeness (QED) is 0.270. The van der Waals surface area contributed by atoms with Crippen LogP contribution in [0.5, 0.6) is 11.5 Å². The van der Waals surface area contributed by atoms with Crippen LogP contribution in [0, 0.1) is 6.92 Å². The molecule has 3 aromatic rings. The first kappa shape index (κ1) is 24.0. The number of amides is 3. The van der Waals surface area contributed by atoms with Crippen LogP contribution in [-0.2, 0) is 16.2 Å². The molecule has 0 saturated heterocycles. The van der Waals surface area contributed by atoms with Crippen molar-refractivity contribution in [2.24, 2.45) is 10.8 Å². The summed E-state index contributed by atoms with van der Waals surface area (Å²) in [5.74, 6) is -1.40. The van der Waals surface area contributed by atoms with Gasteiger partial charge in [-0.2, -0.15) is 5.10 Å². The monoisotopic (exact) mass is 460 g/mol. The minimum Gasteiger partial charge on any atom is -0.493 e. The van der Waals surface area contributed by atoms with E-state index in [0.717, 1.165) is 5.56 Å². The van der Waals surface area contributed by atoms with E-state index in [0.29, 0.717) is 29.4 Å². The second-order valence-corrected chi connectivity index (χ2v) is 7.28. The molecule has 4 N–H and O–H groups in total. The molecule has 0 bridgehead atoms. The van der Waals surface area contributed by atoms with Crippen LogP contribution in [0.2, 0.25) is 0 Å². The first-order valence-electron chi connectivity index (χ1n) is 10.3. The number of nitrogens with one attached hydrogen (secondary N) is 2. The molecule has 0 aliphatic carbocycles. The third-order valence-corrected chi connectivity index (χ3v) is 4.72. The number of ether oxygens (including phenoxy) is 2. The van der Waals surface area contributed by atoms with Gasteiger partial charge in [0.05, 0.1) is 13.3 Å². The number of carbonyl (C=O) groups is 3. The van der Waals surface area contributed by atoms with Gasteiger partial charge < -0.3 is 20.5 Å². The summed E-state index contributed by atoms with van der Waals surface area (Å²) in [4.78, 5) is 35.1. The smallest absolute Gasteiger partial charge is 0.329 e. The molecule has 0 spiro atoms. The van der Waals surface area contributed by atoms with Crippen LogP contribution in [0.3, 0.4) is 0 Å². The van der Waals surface area contributed by atoms with Crippen molar-refractivity contribution < 1.29 is 23.9 Å². The molecule has 0 heterocycles. The highest BCUT2D eigenvalue weighted by Crippen LogP contribution is 2.28. The number of hydrazone groups is 1. The third-order valence-electron chi connectivity index (χ3n) is 4.72. The molecule has 0 radical (unpaired) electrons.